The Kier molecular flexibility index (Phi) is 18.8. The molecule has 75 heavy (non-hydrogen) atoms. The summed E-state index contributed by atoms with van der Waals surface area (Å²) in [6, 6.07) is 89.2. The molecule has 1 N–H and O–H groups in total. The molecule has 0 bridgehead atoms. The molecule has 0 heterocycles. The summed E-state index contributed by atoms with van der Waals surface area (Å²) in [4.78, 5) is 34.0. The van der Waals surface area contributed by atoms with Crippen LogP contribution in [0.3, 0.4) is 0 Å². The van der Waals surface area contributed by atoms with Crippen LogP contribution in [0, 0.1) is 0 Å². The Labute approximate surface area is 462 Å². The van der Waals surface area contributed by atoms with Gasteiger partial charge in [-0.25, -0.2) is 4.79 Å². The number of aromatic carboxylic acids is 1. The molecule has 0 aliphatic rings. The number of ketones is 1. The van der Waals surface area contributed by atoms with Crippen molar-refractivity contribution in [3.05, 3.63) is 348 Å². The van der Waals surface area contributed by atoms with Crippen molar-refractivity contribution in [1.29, 1.82) is 0 Å². The first kappa shape index (κ1) is 53.0. The summed E-state index contributed by atoms with van der Waals surface area (Å²) in [6.07, 6.45) is 0. The predicted octanol–water partition coefficient (Wildman–Crippen LogP) is 17.8. The zero-order chi connectivity index (χ0) is 52.4. The van der Waals surface area contributed by atoms with Gasteiger partial charge in [-0.15, -0.1) is 0 Å². The third-order valence-corrected chi connectivity index (χ3v) is 13.5. The molecular weight excluding hydrogens is 1120 g/mol. The van der Waals surface area contributed by atoms with E-state index in [-0.39, 0.29) is 11.3 Å². The monoisotopic (exact) mass is 1170 g/mol. The highest BCUT2D eigenvalue weighted by Gasteiger charge is 2.18. The van der Waals surface area contributed by atoms with E-state index in [1.54, 1.807) is 24.3 Å². The quantitative estimate of drug-likeness (QED) is 0.0707. The first-order chi connectivity index (χ1) is 36.7. The Balaban J connectivity index is 0.000000159. The van der Waals surface area contributed by atoms with Crippen LogP contribution in [0.25, 0.3) is 22.3 Å². The van der Waals surface area contributed by atoms with Gasteiger partial charge < -0.3 is 9.84 Å². The fourth-order valence-corrected chi connectivity index (χ4v) is 9.16. The predicted molar refractivity (Wildman–Crippen MR) is 315 cm³/mol. The zero-order valence-electron chi connectivity index (χ0n) is 40.3. The zero-order valence-corrected chi connectivity index (χ0v) is 45.0. The number of carboxylic acid groups (broad SMARTS) is 1. The van der Waals surface area contributed by atoms with E-state index >= 15 is 0 Å². The number of benzene rings is 10. The molecule has 0 saturated carbocycles. The molecule has 10 rings (SSSR count). The Morgan fingerprint density at radius 2 is 0.507 bits per heavy atom. The first-order valence-electron chi connectivity index (χ1n) is 23.8. The lowest BCUT2D eigenvalue weighted by atomic mass is 9.85. The van der Waals surface area contributed by atoms with Crippen LogP contribution in [0.15, 0.2) is 286 Å². The summed E-state index contributed by atoms with van der Waals surface area (Å²) in [5.41, 5.74) is 14.7. The average molecular weight is 1170 g/mol. The maximum atomic E-state index is 11.9. The van der Waals surface area contributed by atoms with Gasteiger partial charge in [-0.05, 0) is 140 Å². The maximum absolute atomic E-state index is 11.9. The second-order valence-corrected chi connectivity index (χ2v) is 19.5. The molecule has 0 atom stereocenters. The topological polar surface area (TPSA) is 80.7 Å². The molecule has 0 aromatic heterocycles. The Bertz CT molecular complexity index is 3420. The summed E-state index contributed by atoms with van der Waals surface area (Å²) in [6.45, 7) is 0.405. The van der Waals surface area contributed by atoms with E-state index in [1.807, 2.05) is 140 Å². The fraction of sp³-hybridized carbons (Fsp3) is 0. The highest BCUT2D eigenvalue weighted by Crippen LogP contribution is 2.39. The Morgan fingerprint density at radius 3 is 0.787 bits per heavy atom. The summed E-state index contributed by atoms with van der Waals surface area (Å²) < 4.78 is 8.09. The Morgan fingerprint density at radius 1 is 0.293 bits per heavy atom. The average Bonchev–Trinajstić information content (AvgIpc) is 3.46. The number of hydrogen-bond acceptors (Lipinski definition) is 4. The molecule has 0 saturated heterocycles. The van der Waals surface area contributed by atoms with Crippen LogP contribution in [-0.4, -0.2) is 23.3 Å². The van der Waals surface area contributed by atoms with Gasteiger partial charge in [0.25, 0.3) is 6.47 Å². The van der Waals surface area contributed by atoms with Gasteiger partial charge in [-0.1, -0.05) is 248 Å². The smallest absolute Gasteiger partial charge is 0.335 e. The number of hydrogen-bond donors (Lipinski definition) is 1. The van der Waals surface area contributed by atoms with E-state index in [0.717, 1.165) is 52.4 Å². The molecule has 10 aromatic rings. The van der Waals surface area contributed by atoms with Gasteiger partial charge in [0.1, 0.15) is 5.75 Å². The van der Waals surface area contributed by atoms with Crippen LogP contribution >= 0.6 is 47.8 Å². The second-order valence-electron chi connectivity index (χ2n) is 16.8. The van der Waals surface area contributed by atoms with Gasteiger partial charge in [0.15, 0.2) is 5.78 Å². The van der Waals surface area contributed by atoms with E-state index < -0.39 is 5.97 Å². The molecule has 5 nitrogen and oxygen atoms in total. The molecule has 0 aliphatic carbocycles. The SMILES string of the molecule is Brc1ccc(/C(=C(\c2ccccc2)c2ccc(Br)cc2)c2ccccc2)cc1.O=C(c1ccccc1)c1ccc(Br)cc1.O=COc1ccc(/C(=C(\c2ccccc2)c2ccc(C(=O)O)cc2)c2ccccc2)cc1. The number of rotatable bonds is 13. The van der Waals surface area contributed by atoms with Gasteiger partial charge in [-0.2, -0.15) is 0 Å². The van der Waals surface area contributed by atoms with Crippen molar-refractivity contribution in [2.24, 2.45) is 0 Å². The van der Waals surface area contributed by atoms with Crippen molar-refractivity contribution in [3.8, 4) is 5.75 Å². The van der Waals surface area contributed by atoms with Crippen LogP contribution in [0.2, 0.25) is 0 Å². The molecule has 0 fully saturated rings. The molecule has 0 spiro atoms. The highest BCUT2D eigenvalue weighted by molar-refractivity contribution is 9.11. The van der Waals surface area contributed by atoms with E-state index in [1.165, 1.54) is 33.4 Å². The molecule has 366 valence electrons. The minimum absolute atomic E-state index is 0.0584. The normalized spacial score (nSPS) is 11.2. The first-order valence-corrected chi connectivity index (χ1v) is 26.2. The summed E-state index contributed by atoms with van der Waals surface area (Å²) in [5, 5.41) is 9.32. The number of ether oxygens (including phenoxy) is 1. The molecule has 8 heteroatoms. The van der Waals surface area contributed by atoms with Gasteiger partial charge >= 0.3 is 5.97 Å². The van der Waals surface area contributed by atoms with Crippen LogP contribution in [0.1, 0.15) is 70.8 Å². The van der Waals surface area contributed by atoms with Crippen molar-refractivity contribution < 1.29 is 24.2 Å². The number of carbonyl (C=O) groups excluding carboxylic acids is 2. The van der Waals surface area contributed by atoms with Crippen LogP contribution < -0.4 is 4.74 Å². The number of halogens is 3. The summed E-state index contributed by atoms with van der Waals surface area (Å²) in [5.74, 6) is -0.442. The van der Waals surface area contributed by atoms with Gasteiger partial charge in [0, 0.05) is 24.5 Å². The molecular formula is C67H47Br3O5. The maximum Gasteiger partial charge on any atom is 0.335 e. The minimum atomic E-state index is -0.962. The number of carboxylic acids is 1. The molecule has 0 amide bonds. The molecule has 0 aliphatic heterocycles. The van der Waals surface area contributed by atoms with Crippen molar-refractivity contribution >= 4 is 88.3 Å². The van der Waals surface area contributed by atoms with E-state index in [0.29, 0.717) is 17.8 Å². The third-order valence-electron chi connectivity index (χ3n) is 11.9. The Hall–Kier alpha value is -8.27. The van der Waals surface area contributed by atoms with Crippen LogP contribution in [0.5, 0.6) is 5.75 Å². The van der Waals surface area contributed by atoms with Crippen molar-refractivity contribution in [2.45, 2.75) is 0 Å². The van der Waals surface area contributed by atoms with Crippen LogP contribution in [0.4, 0.5) is 0 Å². The van der Waals surface area contributed by atoms with Crippen molar-refractivity contribution in [1.82, 2.24) is 0 Å². The number of carbonyl (C=O) groups is 3. The van der Waals surface area contributed by atoms with Crippen molar-refractivity contribution in [2.75, 3.05) is 0 Å². The van der Waals surface area contributed by atoms with Gasteiger partial charge in [0.2, 0.25) is 0 Å². The summed E-state index contributed by atoms with van der Waals surface area (Å²) >= 11 is 10.5. The molecule has 0 unspecified atom stereocenters. The highest BCUT2D eigenvalue weighted by atomic mass is 79.9. The molecule has 10 aromatic carbocycles. The van der Waals surface area contributed by atoms with Crippen LogP contribution in [-0.2, 0) is 4.79 Å². The van der Waals surface area contributed by atoms with Gasteiger partial charge in [-0.3, -0.25) is 9.59 Å². The van der Waals surface area contributed by atoms with E-state index in [4.69, 9.17) is 4.74 Å². The fourth-order valence-electron chi connectivity index (χ4n) is 8.37. The van der Waals surface area contributed by atoms with Crippen molar-refractivity contribution in [3.63, 3.8) is 0 Å². The minimum Gasteiger partial charge on any atom is -0.478 e. The van der Waals surface area contributed by atoms with E-state index in [2.05, 4.69) is 157 Å². The largest absolute Gasteiger partial charge is 0.478 e. The summed E-state index contributed by atoms with van der Waals surface area (Å²) in [7, 11) is 0. The lowest BCUT2D eigenvalue weighted by Crippen LogP contribution is -2.00. The van der Waals surface area contributed by atoms with E-state index in [9.17, 15) is 19.5 Å². The second kappa shape index (κ2) is 26.6. The van der Waals surface area contributed by atoms with Gasteiger partial charge in [0.05, 0.1) is 5.56 Å². The lowest BCUT2D eigenvalue weighted by molar-refractivity contribution is -0.120. The molecule has 0 radical (unpaired) electrons. The standard InChI is InChI=1S/C28H20O4.C26H18Br2.C13H9BrO/c29-19-32-25-17-15-23(16-18-25)27(21-9-5-2-6-10-21)26(20-7-3-1-4-8-20)22-11-13-24(14-12-22)28(30)31;27-23-15-11-21(12-16-23)25(19-7-3-1-4-8-19)26(20-9-5-2-6-10-20)22-13-17-24(28)18-14-22;14-12-8-6-11(7-9-12)13(15)10-4-2-1-3-5-10/h1-19H,(H,30,31);1-18H;1-9H/b27-26+;26-25+;. The third kappa shape index (κ3) is 14.3. The lowest BCUT2D eigenvalue weighted by Gasteiger charge is -2.18.